The van der Waals surface area contributed by atoms with Crippen LogP contribution in [0.1, 0.15) is 48.0 Å². The maximum absolute atomic E-state index is 11.8. The van der Waals surface area contributed by atoms with Gasteiger partial charge in [-0.1, -0.05) is 6.92 Å². The molecule has 0 radical (unpaired) electrons. The van der Waals surface area contributed by atoms with Crippen LogP contribution >= 0.6 is 0 Å². The fraction of sp³-hybridized carbons (Fsp3) is 0.857. The Morgan fingerprint density at radius 2 is 1.85 bits per heavy atom. The predicted octanol–water partition coefficient (Wildman–Crippen LogP) is 2.77. The van der Waals surface area contributed by atoms with Crippen LogP contribution in [-0.4, -0.2) is 48.4 Å². The third-order valence-electron chi connectivity index (χ3n) is 2.65. The van der Waals surface area contributed by atoms with Gasteiger partial charge in [-0.3, -0.25) is 0 Å². The van der Waals surface area contributed by atoms with Crippen LogP contribution in [0.3, 0.4) is 0 Å². The molecule has 0 spiro atoms. The fourth-order valence-corrected chi connectivity index (χ4v) is 1.51. The van der Waals surface area contributed by atoms with Crippen LogP contribution in [0.5, 0.6) is 0 Å². The Morgan fingerprint density at radius 3 is 2.30 bits per heavy atom. The molecule has 6 nitrogen and oxygen atoms in total. The standard InChI is InChI=1S/C14H28N2O4/c1-7-11(3)16(13(18)19-8-2)10-9-15-12(17)20-14(4,5)6/h11H,7-10H2,1-6H3,(H,15,17)/t11-/m1/s1. The Kier molecular flexibility index (Phi) is 8.03. The number of nitrogens with zero attached hydrogens (tertiary/aromatic N) is 1. The van der Waals surface area contributed by atoms with E-state index in [1.54, 1.807) is 32.6 Å². The van der Waals surface area contributed by atoms with Crippen LogP contribution in [0.4, 0.5) is 9.59 Å². The Labute approximate surface area is 121 Å². The van der Waals surface area contributed by atoms with Gasteiger partial charge in [0.05, 0.1) is 6.61 Å². The molecule has 0 aromatic rings. The number of hydrogen-bond acceptors (Lipinski definition) is 4. The summed E-state index contributed by atoms with van der Waals surface area (Å²) in [5.74, 6) is 0. The van der Waals surface area contributed by atoms with E-state index in [-0.39, 0.29) is 12.1 Å². The predicted molar refractivity (Wildman–Crippen MR) is 77.7 cm³/mol. The third-order valence-corrected chi connectivity index (χ3v) is 2.65. The summed E-state index contributed by atoms with van der Waals surface area (Å²) >= 11 is 0. The number of alkyl carbamates (subject to hydrolysis) is 1. The maximum atomic E-state index is 11.8. The third kappa shape index (κ3) is 7.86. The van der Waals surface area contributed by atoms with Crippen molar-refractivity contribution in [2.45, 2.75) is 59.6 Å². The lowest BCUT2D eigenvalue weighted by Gasteiger charge is -2.28. The van der Waals surface area contributed by atoms with Crippen molar-refractivity contribution in [3.8, 4) is 0 Å². The average Bonchev–Trinajstić information content (AvgIpc) is 2.31. The van der Waals surface area contributed by atoms with Gasteiger partial charge < -0.3 is 19.7 Å². The normalized spacial score (nSPS) is 12.5. The molecule has 2 amide bonds. The highest BCUT2D eigenvalue weighted by atomic mass is 16.6. The topological polar surface area (TPSA) is 67.9 Å². The zero-order valence-electron chi connectivity index (χ0n) is 13.5. The fourth-order valence-electron chi connectivity index (χ4n) is 1.51. The van der Waals surface area contributed by atoms with Gasteiger partial charge in [-0.05, 0) is 41.0 Å². The van der Waals surface area contributed by atoms with Crippen molar-refractivity contribution in [1.82, 2.24) is 10.2 Å². The second-order valence-corrected chi connectivity index (χ2v) is 5.58. The molecule has 1 N–H and O–H groups in total. The number of rotatable bonds is 6. The monoisotopic (exact) mass is 288 g/mol. The van der Waals surface area contributed by atoms with Crippen molar-refractivity contribution in [2.75, 3.05) is 19.7 Å². The number of ether oxygens (including phenoxy) is 2. The molecule has 0 rings (SSSR count). The molecule has 0 fully saturated rings. The zero-order chi connectivity index (χ0) is 15.8. The van der Waals surface area contributed by atoms with Gasteiger partial charge in [0.2, 0.25) is 0 Å². The van der Waals surface area contributed by atoms with E-state index in [9.17, 15) is 9.59 Å². The molecule has 0 saturated carbocycles. The SMILES string of the molecule is CCOC(=O)N(CCNC(=O)OC(C)(C)C)[C@H](C)CC. The minimum Gasteiger partial charge on any atom is -0.450 e. The summed E-state index contributed by atoms with van der Waals surface area (Å²) in [6.07, 6.45) is -0.0103. The van der Waals surface area contributed by atoms with Gasteiger partial charge in [0.15, 0.2) is 0 Å². The van der Waals surface area contributed by atoms with Crippen molar-refractivity contribution >= 4 is 12.2 Å². The summed E-state index contributed by atoms with van der Waals surface area (Å²) in [5, 5.41) is 2.64. The molecule has 0 heterocycles. The highest BCUT2D eigenvalue weighted by Gasteiger charge is 2.20. The molecule has 0 aromatic carbocycles. The maximum Gasteiger partial charge on any atom is 0.410 e. The molecule has 0 aliphatic heterocycles. The smallest absolute Gasteiger partial charge is 0.410 e. The number of nitrogens with one attached hydrogen (secondary N) is 1. The van der Waals surface area contributed by atoms with Crippen molar-refractivity contribution in [3.63, 3.8) is 0 Å². The lowest BCUT2D eigenvalue weighted by atomic mass is 10.2. The number of carbonyl (C=O) groups excluding carboxylic acids is 2. The highest BCUT2D eigenvalue weighted by Crippen LogP contribution is 2.07. The molecular weight excluding hydrogens is 260 g/mol. The molecule has 6 heteroatoms. The quantitative estimate of drug-likeness (QED) is 0.816. The first-order valence-electron chi connectivity index (χ1n) is 7.11. The van der Waals surface area contributed by atoms with E-state index in [1.165, 1.54) is 0 Å². The molecular formula is C14H28N2O4. The summed E-state index contributed by atoms with van der Waals surface area (Å²) in [6, 6.07) is 0.0643. The zero-order valence-corrected chi connectivity index (χ0v) is 13.5. The Balaban J connectivity index is 4.27. The highest BCUT2D eigenvalue weighted by molar-refractivity contribution is 5.69. The van der Waals surface area contributed by atoms with Gasteiger partial charge in [-0.15, -0.1) is 0 Å². The first-order chi connectivity index (χ1) is 9.21. The Hall–Kier alpha value is -1.46. The van der Waals surface area contributed by atoms with E-state index in [0.717, 1.165) is 6.42 Å². The van der Waals surface area contributed by atoms with Gasteiger partial charge in [0.25, 0.3) is 0 Å². The summed E-state index contributed by atoms with van der Waals surface area (Å²) in [4.78, 5) is 24.9. The average molecular weight is 288 g/mol. The first kappa shape index (κ1) is 18.5. The van der Waals surface area contributed by atoms with Crippen LogP contribution in [0, 0.1) is 0 Å². The molecule has 20 heavy (non-hydrogen) atoms. The summed E-state index contributed by atoms with van der Waals surface area (Å²) < 4.78 is 10.1. The van der Waals surface area contributed by atoms with E-state index < -0.39 is 11.7 Å². The van der Waals surface area contributed by atoms with E-state index in [0.29, 0.717) is 19.7 Å². The van der Waals surface area contributed by atoms with Gasteiger partial charge in [0, 0.05) is 19.1 Å². The van der Waals surface area contributed by atoms with Crippen molar-refractivity contribution < 1.29 is 19.1 Å². The van der Waals surface area contributed by atoms with Crippen molar-refractivity contribution in [2.24, 2.45) is 0 Å². The number of hydrogen-bond donors (Lipinski definition) is 1. The van der Waals surface area contributed by atoms with Crippen molar-refractivity contribution in [1.29, 1.82) is 0 Å². The van der Waals surface area contributed by atoms with Crippen LogP contribution in [0.15, 0.2) is 0 Å². The minimum atomic E-state index is -0.526. The van der Waals surface area contributed by atoms with Crippen LogP contribution in [0.2, 0.25) is 0 Å². The van der Waals surface area contributed by atoms with E-state index >= 15 is 0 Å². The molecule has 118 valence electrons. The second-order valence-electron chi connectivity index (χ2n) is 5.58. The van der Waals surface area contributed by atoms with Crippen molar-refractivity contribution in [3.05, 3.63) is 0 Å². The summed E-state index contributed by atoms with van der Waals surface area (Å²) in [5.41, 5.74) is -0.526. The van der Waals surface area contributed by atoms with Gasteiger partial charge in [0.1, 0.15) is 5.60 Å². The summed E-state index contributed by atoms with van der Waals surface area (Å²) in [6.45, 7) is 12.2. The lowest BCUT2D eigenvalue weighted by Crippen LogP contribution is -2.44. The van der Waals surface area contributed by atoms with Gasteiger partial charge in [-0.2, -0.15) is 0 Å². The van der Waals surface area contributed by atoms with Gasteiger partial charge in [-0.25, -0.2) is 9.59 Å². The van der Waals surface area contributed by atoms with Crippen LogP contribution in [-0.2, 0) is 9.47 Å². The second kappa shape index (κ2) is 8.66. The molecule has 1 atom stereocenters. The largest absolute Gasteiger partial charge is 0.450 e. The van der Waals surface area contributed by atoms with E-state index in [2.05, 4.69) is 5.32 Å². The molecule has 0 saturated heterocycles. The number of carbonyl (C=O) groups is 2. The lowest BCUT2D eigenvalue weighted by molar-refractivity contribution is 0.0510. The molecule has 0 aliphatic rings. The first-order valence-corrected chi connectivity index (χ1v) is 7.11. The molecule has 0 bridgehead atoms. The molecule has 0 aromatic heterocycles. The van der Waals surface area contributed by atoms with E-state index in [4.69, 9.17) is 9.47 Å². The Bertz CT molecular complexity index is 313. The van der Waals surface area contributed by atoms with Crippen LogP contribution < -0.4 is 5.32 Å². The van der Waals surface area contributed by atoms with E-state index in [1.807, 2.05) is 13.8 Å². The molecule has 0 aliphatic carbocycles. The minimum absolute atomic E-state index is 0.0643. The molecule has 0 unspecified atom stereocenters. The summed E-state index contributed by atoms with van der Waals surface area (Å²) in [7, 11) is 0. The Morgan fingerprint density at radius 1 is 1.25 bits per heavy atom. The number of amides is 2. The van der Waals surface area contributed by atoms with Crippen LogP contribution in [0.25, 0.3) is 0 Å². The van der Waals surface area contributed by atoms with Gasteiger partial charge >= 0.3 is 12.2 Å².